The first-order valence-electron chi connectivity index (χ1n) is 8.73. The van der Waals surface area contributed by atoms with E-state index in [9.17, 15) is 18.0 Å². The Bertz CT molecular complexity index is 1150. The first kappa shape index (κ1) is 18.7. The van der Waals surface area contributed by atoms with Gasteiger partial charge < -0.3 is 4.74 Å². The van der Waals surface area contributed by atoms with Crippen molar-refractivity contribution in [3.8, 4) is 5.75 Å². The van der Waals surface area contributed by atoms with Gasteiger partial charge in [0.15, 0.2) is 5.71 Å². The summed E-state index contributed by atoms with van der Waals surface area (Å²) in [5.41, 5.74) is -1.12. The zero-order valence-corrected chi connectivity index (χ0v) is 15.3. The number of alkyl halides is 3. The van der Waals surface area contributed by atoms with Crippen molar-refractivity contribution in [2.24, 2.45) is 5.10 Å². The van der Waals surface area contributed by atoms with Crippen molar-refractivity contribution in [1.82, 2.24) is 0 Å². The highest BCUT2D eigenvalue weighted by molar-refractivity contribution is 6.34. The summed E-state index contributed by atoms with van der Waals surface area (Å²) in [4.78, 5) is 12.9. The Morgan fingerprint density at radius 3 is 2.34 bits per heavy atom. The minimum absolute atomic E-state index is 0.257. The lowest BCUT2D eigenvalue weighted by Gasteiger charge is -2.12. The molecule has 146 valence electrons. The van der Waals surface area contributed by atoms with E-state index in [1.165, 1.54) is 25.3 Å². The molecule has 0 aliphatic carbocycles. The molecule has 0 fully saturated rings. The Morgan fingerprint density at radius 1 is 0.966 bits per heavy atom. The van der Waals surface area contributed by atoms with E-state index in [1.807, 2.05) is 18.2 Å². The molecular weight excluding hydrogens is 381 g/mol. The number of carbonyl (C=O) groups is 1. The maximum absolute atomic E-state index is 13.7. The summed E-state index contributed by atoms with van der Waals surface area (Å²) < 4.78 is 46.4. The number of hydrazone groups is 1. The molecule has 0 unspecified atom stereocenters. The van der Waals surface area contributed by atoms with Gasteiger partial charge in [0.05, 0.1) is 18.4 Å². The minimum Gasteiger partial charge on any atom is -0.496 e. The number of carbonyl (C=O) groups excluding carboxylic acids is 1. The van der Waals surface area contributed by atoms with Gasteiger partial charge in [-0.05, 0) is 35.0 Å². The van der Waals surface area contributed by atoms with Crippen LogP contribution in [0.25, 0.3) is 16.8 Å². The van der Waals surface area contributed by atoms with Gasteiger partial charge in [-0.25, -0.2) is 0 Å². The topological polar surface area (TPSA) is 41.9 Å². The quantitative estimate of drug-likeness (QED) is 0.572. The lowest BCUT2D eigenvalue weighted by atomic mass is 9.99. The lowest BCUT2D eigenvalue weighted by molar-refractivity contribution is -0.114. The van der Waals surface area contributed by atoms with Crippen LogP contribution in [0.4, 0.5) is 18.9 Å². The van der Waals surface area contributed by atoms with Crippen molar-refractivity contribution in [3.63, 3.8) is 0 Å². The Balaban J connectivity index is 1.92. The van der Waals surface area contributed by atoms with Crippen molar-refractivity contribution in [1.29, 1.82) is 0 Å². The van der Waals surface area contributed by atoms with Crippen LogP contribution in [0.5, 0.6) is 5.75 Å². The Labute approximate surface area is 164 Å². The van der Waals surface area contributed by atoms with E-state index in [0.29, 0.717) is 16.7 Å². The second-order valence-electron chi connectivity index (χ2n) is 6.36. The molecule has 0 saturated carbocycles. The van der Waals surface area contributed by atoms with Crippen LogP contribution in [0.3, 0.4) is 0 Å². The summed E-state index contributed by atoms with van der Waals surface area (Å²) in [5.74, 6) is -0.484. The van der Waals surface area contributed by atoms with E-state index < -0.39 is 23.4 Å². The number of nitrogens with zero attached hydrogens (tertiary/aromatic N) is 2. The molecule has 3 aromatic rings. The molecule has 0 spiro atoms. The molecule has 0 radical (unpaired) electrons. The number of anilines is 1. The number of rotatable bonds is 3. The maximum atomic E-state index is 13.7. The van der Waals surface area contributed by atoms with Crippen LogP contribution in [0, 0.1) is 0 Å². The number of para-hydroxylation sites is 1. The molecular formula is C22H15F3N2O2. The van der Waals surface area contributed by atoms with Crippen molar-refractivity contribution in [2.45, 2.75) is 6.18 Å². The second-order valence-corrected chi connectivity index (χ2v) is 6.36. The molecule has 0 N–H and O–H groups in total. The van der Waals surface area contributed by atoms with Gasteiger partial charge in [-0.15, -0.1) is 0 Å². The molecule has 1 amide bonds. The molecule has 1 aliphatic rings. The fourth-order valence-electron chi connectivity index (χ4n) is 3.25. The third kappa shape index (κ3) is 3.35. The molecule has 4 nitrogen and oxygen atoms in total. The van der Waals surface area contributed by atoms with Gasteiger partial charge in [-0.2, -0.15) is 23.3 Å². The van der Waals surface area contributed by atoms with E-state index in [-0.39, 0.29) is 5.69 Å². The highest BCUT2D eigenvalue weighted by atomic mass is 19.4. The molecule has 1 heterocycles. The average molecular weight is 396 g/mol. The summed E-state index contributed by atoms with van der Waals surface area (Å²) >= 11 is 0. The van der Waals surface area contributed by atoms with Crippen LogP contribution < -0.4 is 9.75 Å². The molecule has 0 bridgehead atoms. The summed E-state index contributed by atoms with van der Waals surface area (Å²) in [7, 11) is 1.43. The van der Waals surface area contributed by atoms with Crippen molar-refractivity contribution in [3.05, 3.63) is 77.9 Å². The first-order chi connectivity index (χ1) is 13.9. The van der Waals surface area contributed by atoms with Gasteiger partial charge in [0.1, 0.15) is 5.75 Å². The zero-order valence-electron chi connectivity index (χ0n) is 15.3. The van der Waals surface area contributed by atoms with Crippen LogP contribution >= 0.6 is 0 Å². The molecule has 0 saturated heterocycles. The number of amides is 1. The summed E-state index contributed by atoms with van der Waals surface area (Å²) in [6, 6.07) is 18.7. The summed E-state index contributed by atoms with van der Waals surface area (Å²) in [6.45, 7) is 0. The highest BCUT2D eigenvalue weighted by Crippen LogP contribution is 2.36. The van der Waals surface area contributed by atoms with Gasteiger partial charge >= 0.3 is 6.18 Å². The van der Waals surface area contributed by atoms with Crippen LogP contribution in [0.2, 0.25) is 0 Å². The number of benzene rings is 3. The van der Waals surface area contributed by atoms with Gasteiger partial charge in [0.25, 0.3) is 5.91 Å². The number of hydrogen-bond acceptors (Lipinski definition) is 3. The minimum atomic E-state index is -4.79. The van der Waals surface area contributed by atoms with E-state index in [4.69, 9.17) is 4.74 Å². The van der Waals surface area contributed by atoms with Crippen molar-refractivity contribution < 1.29 is 22.7 Å². The number of fused-ring (bicyclic) bond motifs is 1. The third-order valence-electron chi connectivity index (χ3n) is 4.59. The molecule has 0 atom stereocenters. The molecule has 29 heavy (non-hydrogen) atoms. The number of ether oxygens (including phenoxy) is 1. The van der Waals surface area contributed by atoms with Crippen LogP contribution in [0.1, 0.15) is 5.56 Å². The number of halogens is 3. The van der Waals surface area contributed by atoms with Gasteiger partial charge in [0.2, 0.25) is 0 Å². The number of hydrogen-bond donors (Lipinski definition) is 0. The van der Waals surface area contributed by atoms with Crippen LogP contribution in [0.15, 0.2) is 77.4 Å². The largest absolute Gasteiger partial charge is 0.496 e. The van der Waals surface area contributed by atoms with Crippen molar-refractivity contribution >= 4 is 34.2 Å². The van der Waals surface area contributed by atoms with Crippen LogP contribution in [-0.2, 0) is 4.79 Å². The smallest absolute Gasteiger partial charge is 0.435 e. The highest BCUT2D eigenvalue weighted by Gasteiger charge is 2.46. The third-order valence-corrected chi connectivity index (χ3v) is 4.59. The SMILES string of the molecule is COc1ccc2ccccc2c1/C=C1\C(=O)N(c2ccccc2)N=C1C(F)(F)F. The number of methoxy groups -OCH3 is 1. The monoisotopic (exact) mass is 396 g/mol. The van der Waals surface area contributed by atoms with Gasteiger partial charge in [-0.3, -0.25) is 4.79 Å². The maximum Gasteiger partial charge on any atom is 0.435 e. The lowest BCUT2D eigenvalue weighted by Crippen LogP contribution is -2.25. The fourth-order valence-corrected chi connectivity index (χ4v) is 3.25. The Kier molecular flexibility index (Phi) is 4.58. The zero-order chi connectivity index (χ0) is 20.6. The predicted octanol–water partition coefficient (Wildman–Crippen LogP) is 5.20. The fraction of sp³-hybridized carbons (Fsp3) is 0.0909. The van der Waals surface area contributed by atoms with Crippen LogP contribution in [-0.4, -0.2) is 24.9 Å². The molecule has 1 aliphatic heterocycles. The molecule has 4 rings (SSSR count). The predicted molar refractivity (Wildman–Crippen MR) is 106 cm³/mol. The van der Waals surface area contributed by atoms with E-state index in [2.05, 4.69) is 5.10 Å². The van der Waals surface area contributed by atoms with Gasteiger partial charge in [0, 0.05) is 5.56 Å². The first-order valence-corrected chi connectivity index (χ1v) is 8.73. The van der Waals surface area contributed by atoms with E-state index >= 15 is 0 Å². The summed E-state index contributed by atoms with van der Waals surface area (Å²) in [6.07, 6.45) is -3.58. The Hall–Kier alpha value is -3.61. The summed E-state index contributed by atoms with van der Waals surface area (Å²) in [5, 5.41) is 5.85. The van der Waals surface area contributed by atoms with Crippen molar-refractivity contribution in [2.75, 3.05) is 12.1 Å². The second kappa shape index (κ2) is 7.09. The normalized spacial score (nSPS) is 15.9. The standard InChI is InChI=1S/C22H15F3N2O2/c1-29-19-12-11-14-7-5-6-10-16(14)17(19)13-18-20(22(23,24)25)26-27(21(18)28)15-8-3-2-4-9-15/h2-13H,1H3/b18-13-. The van der Waals surface area contributed by atoms with Gasteiger partial charge in [-0.1, -0.05) is 48.5 Å². The Morgan fingerprint density at radius 2 is 1.66 bits per heavy atom. The van der Waals surface area contributed by atoms with E-state index in [0.717, 1.165) is 10.4 Å². The molecule has 7 heteroatoms. The molecule has 3 aromatic carbocycles. The molecule has 0 aromatic heterocycles. The average Bonchev–Trinajstić information content (AvgIpc) is 3.05. The van der Waals surface area contributed by atoms with E-state index in [1.54, 1.807) is 36.4 Å².